The van der Waals surface area contributed by atoms with Gasteiger partial charge in [0.25, 0.3) is 0 Å². The molecule has 0 N–H and O–H groups in total. The van der Waals surface area contributed by atoms with Gasteiger partial charge in [-0.2, -0.15) is 0 Å². The van der Waals surface area contributed by atoms with Gasteiger partial charge in [0.2, 0.25) is 0 Å². The molecular weight excluding hydrogens is 737 g/mol. The number of fused-ring (bicyclic) bond motifs is 7. The van der Waals surface area contributed by atoms with Crippen molar-refractivity contribution >= 4 is 49.6 Å². The van der Waals surface area contributed by atoms with Crippen molar-refractivity contribution < 1.29 is 0 Å². The predicted octanol–water partition coefficient (Wildman–Crippen LogP) is 15.4. The van der Waals surface area contributed by atoms with E-state index < -0.39 is 5.41 Å². The minimum atomic E-state index is -0.511. The molecule has 0 radical (unpaired) electrons. The molecule has 11 aromatic rings. The van der Waals surface area contributed by atoms with Crippen LogP contribution in [0.4, 0.5) is 17.1 Å². The van der Waals surface area contributed by atoms with Crippen molar-refractivity contribution in [3.63, 3.8) is 0 Å². The molecule has 10 aromatic carbocycles. The van der Waals surface area contributed by atoms with Gasteiger partial charge in [-0.25, -0.2) is 0 Å². The molecular formula is C59H38N2. The van der Waals surface area contributed by atoms with Crippen LogP contribution in [0.5, 0.6) is 0 Å². The third-order valence-corrected chi connectivity index (χ3v) is 13.4. The molecule has 1 aromatic heterocycles. The topological polar surface area (TPSA) is 8.17 Å². The zero-order valence-corrected chi connectivity index (χ0v) is 33.3. The predicted molar refractivity (Wildman–Crippen MR) is 255 cm³/mol. The Morgan fingerprint density at radius 3 is 1.54 bits per heavy atom. The van der Waals surface area contributed by atoms with Gasteiger partial charge in [0, 0.05) is 33.2 Å². The molecule has 13 rings (SSSR count). The van der Waals surface area contributed by atoms with Gasteiger partial charge in [0.05, 0.1) is 22.1 Å². The lowest BCUT2D eigenvalue weighted by Gasteiger charge is -2.38. The van der Waals surface area contributed by atoms with E-state index in [9.17, 15) is 0 Å². The largest absolute Gasteiger partial charge is 0.310 e. The molecule has 61 heavy (non-hydrogen) atoms. The van der Waals surface area contributed by atoms with Gasteiger partial charge in [-0.1, -0.05) is 182 Å². The van der Waals surface area contributed by atoms with Gasteiger partial charge >= 0.3 is 0 Å². The number of anilines is 3. The highest BCUT2D eigenvalue weighted by Gasteiger charge is 2.50. The summed E-state index contributed by atoms with van der Waals surface area (Å²) in [7, 11) is 0. The summed E-state index contributed by atoms with van der Waals surface area (Å²) in [6.07, 6.45) is 0. The zero-order valence-electron chi connectivity index (χ0n) is 33.3. The number of aromatic nitrogens is 1. The Morgan fingerprint density at radius 2 is 0.852 bits per heavy atom. The van der Waals surface area contributed by atoms with E-state index >= 15 is 0 Å². The highest BCUT2D eigenvalue weighted by molar-refractivity contribution is 6.29. The second-order valence-corrected chi connectivity index (χ2v) is 16.4. The first-order chi connectivity index (χ1) is 30.3. The number of benzene rings is 10. The molecule has 1 heterocycles. The molecule has 0 atom stereocenters. The van der Waals surface area contributed by atoms with Gasteiger partial charge in [-0.05, 0) is 110 Å². The Hall–Kier alpha value is -7.94. The average Bonchev–Trinajstić information content (AvgIpc) is 3.83. The molecule has 0 aliphatic heterocycles. The average molecular weight is 775 g/mol. The first-order valence-corrected chi connectivity index (χ1v) is 21.2. The maximum absolute atomic E-state index is 2.51. The number of para-hydroxylation sites is 1. The maximum atomic E-state index is 2.51. The van der Waals surface area contributed by atoms with Crippen molar-refractivity contribution in [1.82, 2.24) is 4.57 Å². The molecule has 2 heteroatoms. The third-order valence-electron chi connectivity index (χ3n) is 13.4. The minimum absolute atomic E-state index is 0.511. The monoisotopic (exact) mass is 774 g/mol. The molecule has 0 fully saturated rings. The van der Waals surface area contributed by atoms with E-state index in [-0.39, 0.29) is 0 Å². The summed E-state index contributed by atoms with van der Waals surface area (Å²) >= 11 is 0. The van der Waals surface area contributed by atoms with Crippen molar-refractivity contribution in [1.29, 1.82) is 0 Å². The summed E-state index contributed by atoms with van der Waals surface area (Å²) in [6, 6.07) is 85.3. The highest BCUT2D eigenvalue weighted by Crippen LogP contribution is 2.63. The molecule has 2 aliphatic carbocycles. The van der Waals surface area contributed by atoms with Crippen LogP contribution in [0.1, 0.15) is 22.3 Å². The summed E-state index contributed by atoms with van der Waals surface area (Å²) in [5.74, 6) is 0. The van der Waals surface area contributed by atoms with Crippen LogP contribution in [0.15, 0.2) is 231 Å². The van der Waals surface area contributed by atoms with Crippen LogP contribution in [0.2, 0.25) is 0 Å². The quantitative estimate of drug-likeness (QED) is 0.163. The number of hydrogen-bond acceptors (Lipinski definition) is 1. The van der Waals surface area contributed by atoms with E-state index in [2.05, 4.69) is 240 Å². The normalized spacial score (nSPS) is 13.0. The summed E-state index contributed by atoms with van der Waals surface area (Å²) < 4.78 is 2.51. The Bertz CT molecular complexity index is 3460. The van der Waals surface area contributed by atoms with E-state index in [1.807, 2.05) is 0 Å². The van der Waals surface area contributed by atoms with Crippen LogP contribution in [0, 0.1) is 0 Å². The van der Waals surface area contributed by atoms with Crippen LogP contribution in [-0.2, 0) is 5.41 Å². The molecule has 0 saturated carbocycles. The Balaban J connectivity index is 1.18. The number of nitrogens with zero attached hydrogens (tertiary/aromatic N) is 2. The van der Waals surface area contributed by atoms with Gasteiger partial charge in [-0.15, -0.1) is 0 Å². The molecule has 2 nitrogen and oxygen atoms in total. The van der Waals surface area contributed by atoms with Gasteiger partial charge in [-0.3, -0.25) is 0 Å². The molecule has 0 unspecified atom stereocenters. The summed E-state index contributed by atoms with van der Waals surface area (Å²) in [6.45, 7) is 0. The Labute approximate surface area is 354 Å². The van der Waals surface area contributed by atoms with Crippen molar-refractivity contribution in [2.75, 3.05) is 4.90 Å². The van der Waals surface area contributed by atoms with E-state index in [1.165, 1.54) is 88.2 Å². The van der Waals surface area contributed by atoms with Gasteiger partial charge < -0.3 is 9.47 Å². The lowest BCUT2D eigenvalue weighted by atomic mass is 9.63. The fourth-order valence-corrected chi connectivity index (χ4v) is 10.9. The standard InChI is InChI=1S/C59H38N2/c1-4-17-39(18-5-1)41-33-35-44(36-34-41)60(45-24-14-21-42(37-45)40-19-6-2-7-20-40)54-38-55-58-56-48(54)27-15-30-51(56)59(49-28-12-10-25-46(49)47-26-11-13-29-50(47)59)52-31-16-32-53(57(52)58)61(55)43-22-8-3-9-23-43/h1-38H. The molecule has 0 amide bonds. The summed E-state index contributed by atoms with van der Waals surface area (Å²) in [5, 5.41) is 5.18. The fourth-order valence-electron chi connectivity index (χ4n) is 10.9. The maximum Gasteiger partial charge on any atom is 0.0726 e. The molecule has 1 spiro atoms. The van der Waals surface area contributed by atoms with Gasteiger partial charge in [0.1, 0.15) is 0 Å². The van der Waals surface area contributed by atoms with E-state index in [1.54, 1.807) is 0 Å². The molecule has 0 saturated heterocycles. The van der Waals surface area contributed by atoms with Crippen LogP contribution < -0.4 is 4.90 Å². The van der Waals surface area contributed by atoms with E-state index in [0.717, 1.165) is 22.7 Å². The van der Waals surface area contributed by atoms with E-state index in [4.69, 9.17) is 0 Å². The van der Waals surface area contributed by atoms with Crippen LogP contribution >= 0.6 is 0 Å². The van der Waals surface area contributed by atoms with E-state index in [0.29, 0.717) is 0 Å². The van der Waals surface area contributed by atoms with Crippen molar-refractivity contribution in [3.05, 3.63) is 253 Å². The second-order valence-electron chi connectivity index (χ2n) is 16.4. The number of rotatable bonds is 6. The van der Waals surface area contributed by atoms with Gasteiger partial charge in [0.15, 0.2) is 0 Å². The van der Waals surface area contributed by atoms with Crippen molar-refractivity contribution in [2.24, 2.45) is 0 Å². The highest BCUT2D eigenvalue weighted by atomic mass is 15.1. The lowest BCUT2D eigenvalue weighted by molar-refractivity contribution is 0.783. The third kappa shape index (κ3) is 4.73. The lowest BCUT2D eigenvalue weighted by Crippen LogP contribution is -2.30. The first kappa shape index (κ1) is 34.0. The Kier molecular flexibility index (Phi) is 7.26. The second kappa shape index (κ2) is 13.0. The molecule has 284 valence electrons. The summed E-state index contributed by atoms with van der Waals surface area (Å²) in [5.41, 5.74) is 19.1. The van der Waals surface area contributed by atoms with Crippen molar-refractivity contribution in [3.8, 4) is 39.1 Å². The zero-order chi connectivity index (χ0) is 40.1. The first-order valence-electron chi connectivity index (χ1n) is 21.2. The Morgan fingerprint density at radius 1 is 0.328 bits per heavy atom. The fraction of sp³-hybridized carbons (Fsp3) is 0.0169. The molecule has 2 aliphatic rings. The smallest absolute Gasteiger partial charge is 0.0726 e. The number of hydrogen-bond donors (Lipinski definition) is 0. The van der Waals surface area contributed by atoms with Crippen LogP contribution in [0.3, 0.4) is 0 Å². The summed E-state index contributed by atoms with van der Waals surface area (Å²) in [4.78, 5) is 2.49. The van der Waals surface area contributed by atoms with Crippen LogP contribution in [0.25, 0.3) is 71.6 Å². The van der Waals surface area contributed by atoms with Crippen molar-refractivity contribution in [2.45, 2.75) is 5.41 Å². The minimum Gasteiger partial charge on any atom is -0.310 e. The van der Waals surface area contributed by atoms with Crippen LogP contribution in [-0.4, -0.2) is 4.57 Å². The molecule has 0 bridgehead atoms. The SMILES string of the molecule is c1ccc(-c2ccc(N(c3cccc(-c4ccccc4)c3)c3cc4c5c6c(cccc36)C3(c6ccccc6-c6ccccc63)c3cccc(c35)n4-c3ccccc3)cc2)cc1.